The van der Waals surface area contributed by atoms with Gasteiger partial charge in [-0.05, 0) is 23.1 Å². The maximum absolute atomic E-state index is 12.0. The molecule has 0 aromatic heterocycles. The SMILES string of the molecule is COC(=O)C1=C(c2ccccc2)C=C2COCC2C1. The third-order valence-corrected chi connectivity index (χ3v) is 3.73. The normalized spacial score (nSPS) is 21.9. The first kappa shape index (κ1) is 12.2. The number of hydrogen-bond donors (Lipinski definition) is 0. The molecule has 3 heteroatoms. The van der Waals surface area contributed by atoms with Crippen molar-refractivity contribution in [1.82, 2.24) is 0 Å². The van der Waals surface area contributed by atoms with Gasteiger partial charge < -0.3 is 9.47 Å². The lowest BCUT2D eigenvalue weighted by Crippen LogP contribution is -2.16. The number of hydrogen-bond acceptors (Lipinski definition) is 3. The van der Waals surface area contributed by atoms with Crippen LogP contribution in [-0.4, -0.2) is 26.3 Å². The van der Waals surface area contributed by atoms with Gasteiger partial charge in [-0.2, -0.15) is 0 Å². The minimum atomic E-state index is -0.235. The Balaban J connectivity index is 2.08. The summed E-state index contributed by atoms with van der Waals surface area (Å²) in [6.07, 6.45) is 2.81. The first-order valence-corrected chi connectivity index (χ1v) is 6.44. The second kappa shape index (κ2) is 5.02. The van der Waals surface area contributed by atoms with Crippen LogP contribution in [0.2, 0.25) is 0 Å². The van der Waals surface area contributed by atoms with E-state index in [0.717, 1.165) is 16.7 Å². The maximum Gasteiger partial charge on any atom is 0.334 e. The van der Waals surface area contributed by atoms with Gasteiger partial charge in [0.05, 0.1) is 20.3 Å². The van der Waals surface area contributed by atoms with Crippen LogP contribution in [0, 0.1) is 5.92 Å². The van der Waals surface area contributed by atoms with E-state index < -0.39 is 0 Å². The van der Waals surface area contributed by atoms with Crippen LogP contribution in [0.15, 0.2) is 47.6 Å². The van der Waals surface area contributed by atoms with Crippen LogP contribution >= 0.6 is 0 Å². The molecule has 0 saturated carbocycles. The molecular weight excluding hydrogens is 240 g/mol. The summed E-state index contributed by atoms with van der Waals surface area (Å²) in [7, 11) is 1.43. The van der Waals surface area contributed by atoms with Gasteiger partial charge >= 0.3 is 5.97 Å². The van der Waals surface area contributed by atoms with Crippen molar-refractivity contribution < 1.29 is 14.3 Å². The summed E-state index contributed by atoms with van der Waals surface area (Å²) in [5.74, 6) is 0.0996. The van der Waals surface area contributed by atoms with E-state index in [1.807, 2.05) is 30.3 Å². The van der Waals surface area contributed by atoms with Gasteiger partial charge in [-0.15, -0.1) is 0 Å². The molecule has 1 unspecified atom stereocenters. The molecule has 1 aliphatic carbocycles. The van der Waals surface area contributed by atoms with Gasteiger partial charge in [0, 0.05) is 11.5 Å². The van der Waals surface area contributed by atoms with E-state index in [1.54, 1.807) is 0 Å². The molecule has 0 amide bonds. The molecule has 19 heavy (non-hydrogen) atoms. The lowest BCUT2D eigenvalue weighted by Gasteiger charge is -2.21. The predicted octanol–water partition coefficient (Wildman–Crippen LogP) is 2.59. The second-order valence-electron chi connectivity index (χ2n) is 4.89. The first-order valence-electron chi connectivity index (χ1n) is 6.44. The van der Waals surface area contributed by atoms with Crippen LogP contribution in [0.25, 0.3) is 5.57 Å². The molecular formula is C16H16O3. The fourth-order valence-corrected chi connectivity index (χ4v) is 2.71. The predicted molar refractivity (Wildman–Crippen MR) is 72.4 cm³/mol. The molecule has 0 radical (unpaired) electrons. The van der Waals surface area contributed by atoms with Crippen LogP contribution in [-0.2, 0) is 14.3 Å². The number of carbonyl (C=O) groups excluding carboxylic acids is 1. The van der Waals surface area contributed by atoms with E-state index in [-0.39, 0.29) is 5.97 Å². The molecule has 1 aromatic carbocycles. The van der Waals surface area contributed by atoms with E-state index in [4.69, 9.17) is 9.47 Å². The largest absolute Gasteiger partial charge is 0.466 e. The summed E-state index contributed by atoms with van der Waals surface area (Å²) >= 11 is 0. The zero-order valence-electron chi connectivity index (χ0n) is 10.9. The second-order valence-corrected chi connectivity index (χ2v) is 4.89. The molecule has 0 bridgehead atoms. The minimum absolute atomic E-state index is 0.235. The van der Waals surface area contributed by atoms with Crippen LogP contribution in [0.1, 0.15) is 12.0 Å². The Morgan fingerprint density at radius 1 is 1.32 bits per heavy atom. The highest BCUT2D eigenvalue weighted by Gasteiger charge is 2.31. The summed E-state index contributed by atoms with van der Waals surface area (Å²) in [5, 5.41) is 0. The highest BCUT2D eigenvalue weighted by molar-refractivity contribution is 6.01. The molecule has 98 valence electrons. The minimum Gasteiger partial charge on any atom is -0.466 e. The summed E-state index contributed by atoms with van der Waals surface area (Å²) in [5.41, 5.74) is 4.07. The van der Waals surface area contributed by atoms with Gasteiger partial charge in [0.25, 0.3) is 0 Å². The van der Waals surface area contributed by atoms with Gasteiger partial charge in [0.15, 0.2) is 0 Å². The number of esters is 1. The van der Waals surface area contributed by atoms with Gasteiger partial charge in [0.1, 0.15) is 0 Å². The molecule has 1 atom stereocenters. The fraction of sp³-hybridized carbons (Fsp3) is 0.312. The molecule has 1 aromatic rings. The Morgan fingerprint density at radius 3 is 2.84 bits per heavy atom. The number of fused-ring (bicyclic) bond motifs is 1. The average molecular weight is 256 g/mol. The van der Waals surface area contributed by atoms with Crippen molar-refractivity contribution in [3.8, 4) is 0 Å². The number of rotatable bonds is 2. The molecule has 1 saturated heterocycles. The number of benzene rings is 1. The van der Waals surface area contributed by atoms with Gasteiger partial charge in [0.2, 0.25) is 0 Å². The Morgan fingerprint density at radius 2 is 2.11 bits per heavy atom. The number of carbonyl (C=O) groups is 1. The van der Waals surface area contributed by atoms with E-state index in [9.17, 15) is 4.79 Å². The molecule has 1 aliphatic heterocycles. The molecule has 2 aliphatic rings. The Bertz CT molecular complexity index is 555. The average Bonchev–Trinajstić information content (AvgIpc) is 2.93. The summed E-state index contributed by atoms with van der Waals surface area (Å²) in [4.78, 5) is 12.0. The highest BCUT2D eigenvalue weighted by atomic mass is 16.5. The van der Waals surface area contributed by atoms with Crippen molar-refractivity contribution in [2.24, 2.45) is 5.92 Å². The van der Waals surface area contributed by atoms with E-state index in [0.29, 0.717) is 25.6 Å². The summed E-state index contributed by atoms with van der Waals surface area (Å²) in [6, 6.07) is 9.97. The lowest BCUT2D eigenvalue weighted by molar-refractivity contribution is -0.136. The number of ether oxygens (including phenoxy) is 2. The Kier molecular flexibility index (Phi) is 3.22. The molecule has 0 N–H and O–H groups in total. The topological polar surface area (TPSA) is 35.5 Å². The third-order valence-electron chi connectivity index (χ3n) is 3.73. The molecule has 1 heterocycles. The van der Waals surface area contributed by atoms with Gasteiger partial charge in [-0.1, -0.05) is 36.4 Å². The van der Waals surface area contributed by atoms with Crippen LogP contribution < -0.4 is 0 Å². The van der Waals surface area contributed by atoms with Crippen molar-refractivity contribution in [2.45, 2.75) is 6.42 Å². The van der Waals surface area contributed by atoms with E-state index >= 15 is 0 Å². The van der Waals surface area contributed by atoms with Crippen molar-refractivity contribution in [2.75, 3.05) is 20.3 Å². The quantitative estimate of drug-likeness (QED) is 0.763. The molecule has 1 fully saturated rings. The van der Waals surface area contributed by atoms with Gasteiger partial charge in [-0.25, -0.2) is 4.79 Å². The zero-order valence-corrected chi connectivity index (χ0v) is 10.9. The van der Waals surface area contributed by atoms with Gasteiger partial charge in [-0.3, -0.25) is 0 Å². The lowest BCUT2D eigenvalue weighted by atomic mass is 9.83. The Hall–Kier alpha value is -1.87. The van der Waals surface area contributed by atoms with E-state index in [2.05, 4.69) is 6.08 Å². The molecule has 0 spiro atoms. The van der Waals surface area contributed by atoms with Crippen LogP contribution in [0.5, 0.6) is 0 Å². The van der Waals surface area contributed by atoms with Crippen molar-refractivity contribution in [3.05, 3.63) is 53.1 Å². The molecule has 3 rings (SSSR count). The maximum atomic E-state index is 12.0. The Labute approximate surface area is 112 Å². The summed E-state index contributed by atoms with van der Waals surface area (Å²) in [6.45, 7) is 1.38. The van der Waals surface area contributed by atoms with E-state index in [1.165, 1.54) is 12.7 Å². The van der Waals surface area contributed by atoms with Crippen LogP contribution in [0.3, 0.4) is 0 Å². The zero-order chi connectivity index (χ0) is 13.2. The number of methoxy groups -OCH3 is 1. The summed E-state index contributed by atoms with van der Waals surface area (Å²) < 4.78 is 10.4. The number of allylic oxidation sites excluding steroid dienone is 2. The standard InChI is InChI=1S/C16H16O3/c1-18-16(17)15-8-13-10-19-9-12(13)7-14(15)11-5-3-2-4-6-11/h2-7,13H,8-10H2,1H3. The van der Waals surface area contributed by atoms with Crippen LogP contribution in [0.4, 0.5) is 0 Å². The molecule has 3 nitrogen and oxygen atoms in total. The highest BCUT2D eigenvalue weighted by Crippen LogP contribution is 2.37. The third kappa shape index (κ3) is 2.22. The fourth-order valence-electron chi connectivity index (χ4n) is 2.71. The monoisotopic (exact) mass is 256 g/mol. The van der Waals surface area contributed by atoms with Crippen molar-refractivity contribution in [3.63, 3.8) is 0 Å². The smallest absolute Gasteiger partial charge is 0.334 e. The van der Waals surface area contributed by atoms with Crippen molar-refractivity contribution >= 4 is 11.5 Å². The first-order chi connectivity index (χ1) is 9.29. The van der Waals surface area contributed by atoms with Crippen molar-refractivity contribution in [1.29, 1.82) is 0 Å².